The smallest absolute Gasteiger partial charge is 0.450 e. The minimum atomic E-state index is -4.97. The van der Waals surface area contributed by atoms with Crippen LogP contribution in [0, 0.1) is 0 Å². The van der Waals surface area contributed by atoms with Crippen LogP contribution in [-0.4, -0.2) is 17.7 Å². The van der Waals surface area contributed by atoms with E-state index in [1.807, 2.05) is 0 Å². The fourth-order valence-electron chi connectivity index (χ4n) is 0.770. The molecule has 0 N–H and O–H groups in total. The number of carbonyl (C=O) groups is 2. The van der Waals surface area contributed by atoms with Crippen LogP contribution in [0.5, 0.6) is 0 Å². The number of rotatable bonds is 3. The molecule has 0 saturated carbocycles. The van der Waals surface area contributed by atoms with Crippen molar-refractivity contribution < 1.29 is 44.0 Å². The van der Waals surface area contributed by atoms with E-state index < -0.39 is 24.2 Å². The Morgan fingerprint density at radius 2 is 1.93 bits per heavy atom. The summed E-state index contributed by atoms with van der Waals surface area (Å²) in [5.74, 6) is -3.29. The van der Waals surface area contributed by atoms with E-state index in [9.17, 15) is 22.8 Å². The predicted octanol–water partition coefficient (Wildman–Crippen LogP) is 1.98. The molecule has 0 spiro atoms. The molecule has 0 aliphatic heterocycles. The molecule has 0 aliphatic carbocycles. The fraction of sp³-hybridized carbons (Fsp3) is 0.250. The first-order valence-electron chi connectivity index (χ1n) is 3.58. The van der Waals surface area contributed by atoms with Crippen molar-refractivity contribution in [2.75, 3.05) is 0 Å². The van der Waals surface area contributed by atoms with Gasteiger partial charge in [0.1, 0.15) is 0 Å². The average molecular weight is 265 g/mol. The Labute approximate surface area is 92.8 Å². The number of hydrogen-bond acceptors (Lipinski definition) is 3. The summed E-state index contributed by atoms with van der Waals surface area (Å²) in [4.78, 5) is 21.3. The van der Waals surface area contributed by atoms with Crippen molar-refractivity contribution >= 4 is 11.6 Å². The number of ketones is 2. The van der Waals surface area contributed by atoms with Gasteiger partial charge in [-0.25, -0.2) is 0 Å². The minimum Gasteiger partial charge on any atom is -0.461 e. The van der Waals surface area contributed by atoms with Crippen LogP contribution in [0.2, 0.25) is 0 Å². The summed E-state index contributed by atoms with van der Waals surface area (Å²) in [6.07, 6.45) is -5.04. The molecule has 3 nitrogen and oxygen atoms in total. The number of carbonyl (C=O) groups excluding carboxylic acids is 2. The molecule has 1 radical (unpaired) electrons. The van der Waals surface area contributed by atoms with Gasteiger partial charge in [-0.1, -0.05) is 0 Å². The van der Waals surface area contributed by atoms with Gasteiger partial charge in [0.25, 0.3) is 0 Å². The van der Waals surface area contributed by atoms with Crippen molar-refractivity contribution in [3.05, 3.63) is 24.2 Å². The van der Waals surface area contributed by atoms with Crippen molar-refractivity contribution in [2.45, 2.75) is 12.6 Å². The standard InChI is InChI=1S/C8H5F3O3.Co/c9-8(10,11)7(13)4-5(12)6-2-1-3-14-6;/h1-3H,4H2;. The van der Waals surface area contributed by atoms with E-state index in [2.05, 4.69) is 4.42 Å². The Balaban J connectivity index is 0.00000196. The van der Waals surface area contributed by atoms with Gasteiger partial charge in [0, 0.05) is 16.8 Å². The molecule has 0 aromatic carbocycles. The van der Waals surface area contributed by atoms with Gasteiger partial charge in [-0.15, -0.1) is 0 Å². The van der Waals surface area contributed by atoms with E-state index in [0.29, 0.717) is 0 Å². The molecule has 1 aromatic heterocycles. The summed E-state index contributed by atoms with van der Waals surface area (Å²) in [7, 11) is 0. The Bertz CT molecular complexity index is 343. The monoisotopic (exact) mass is 265 g/mol. The molecule has 0 fully saturated rings. The molecular formula is C8H5CoF3O3. The topological polar surface area (TPSA) is 47.3 Å². The van der Waals surface area contributed by atoms with Crippen molar-refractivity contribution in [3.63, 3.8) is 0 Å². The van der Waals surface area contributed by atoms with E-state index >= 15 is 0 Å². The fourth-order valence-corrected chi connectivity index (χ4v) is 0.770. The Morgan fingerprint density at radius 3 is 2.33 bits per heavy atom. The number of halogens is 3. The van der Waals surface area contributed by atoms with Gasteiger partial charge >= 0.3 is 6.18 Å². The molecule has 0 amide bonds. The quantitative estimate of drug-likeness (QED) is 0.620. The first kappa shape index (κ1) is 13.9. The molecule has 0 unspecified atom stereocenters. The van der Waals surface area contributed by atoms with Crippen molar-refractivity contribution in [3.8, 4) is 0 Å². The number of Topliss-reactive ketones (excluding diaryl/α,β-unsaturated/α-hetero) is 2. The second-order valence-electron chi connectivity index (χ2n) is 2.50. The summed E-state index contributed by atoms with van der Waals surface area (Å²) < 4.78 is 39.7. The van der Waals surface area contributed by atoms with Crippen LogP contribution in [0.4, 0.5) is 13.2 Å². The van der Waals surface area contributed by atoms with Gasteiger partial charge in [-0.2, -0.15) is 13.2 Å². The van der Waals surface area contributed by atoms with Crippen molar-refractivity contribution in [1.82, 2.24) is 0 Å². The first-order valence-corrected chi connectivity index (χ1v) is 3.58. The van der Waals surface area contributed by atoms with Gasteiger partial charge in [0.15, 0.2) is 5.76 Å². The number of alkyl halides is 3. The van der Waals surface area contributed by atoms with E-state index in [0.717, 1.165) is 6.26 Å². The maximum Gasteiger partial charge on any atom is 0.450 e. The second kappa shape index (κ2) is 5.13. The molecular weight excluding hydrogens is 260 g/mol. The Morgan fingerprint density at radius 1 is 1.33 bits per heavy atom. The van der Waals surface area contributed by atoms with E-state index in [1.165, 1.54) is 12.1 Å². The van der Waals surface area contributed by atoms with Crippen LogP contribution >= 0.6 is 0 Å². The predicted molar refractivity (Wildman–Crippen MR) is 38.7 cm³/mol. The maximum absolute atomic E-state index is 11.7. The molecule has 1 heterocycles. The van der Waals surface area contributed by atoms with E-state index in [-0.39, 0.29) is 22.5 Å². The molecule has 15 heavy (non-hydrogen) atoms. The number of furan rings is 1. The van der Waals surface area contributed by atoms with Crippen LogP contribution < -0.4 is 0 Å². The summed E-state index contributed by atoms with van der Waals surface area (Å²) in [6, 6.07) is 2.55. The van der Waals surface area contributed by atoms with E-state index in [4.69, 9.17) is 0 Å². The van der Waals surface area contributed by atoms with Crippen LogP contribution in [0.15, 0.2) is 22.8 Å². The molecule has 0 bridgehead atoms. The zero-order valence-electron chi connectivity index (χ0n) is 7.13. The summed E-state index contributed by atoms with van der Waals surface area (Å²) in [5, 5.41) is 0. The van der Waals surface area contributed by atoms with Gasteiger partial charge in [0.05, 0.1) is 12.7 Å². The van der Waals surface area contributed by atoms with Crippen molar-refractivity contribution in [2.24, 2.45) is 0 Å². The second-order valence-corrected chi connectivity index (χ2v) is 2.50. The third-order valence-corrected chi connectivity index (χ3v) is 1.43. The summed E-state index contributed by atoms with van der Waals surface area (Å²) >= 11 is 0. The molecule has 0 atom stereocenters. The largest absolute Gasteiger partial charge is 0.461 e. The Kier molecular flexibility index (Phi) is 4.76. The normalized spacial score (nSPS) is 10.6. The van der Waals surface area contributed by atoms with Crippen LogP contribution in [0.1, 0.15) is 17.0 Å². The van der Waals surface area contributed by atoms with Crippen LogP contribution in [0.3, 0.4) is 0 Å². The maximum atomic E-state index is 11.7. The number of hydrogen-bond donors (Lipinski definition) is 0. The molecule has 1 rings (SSSR count). The van der Waals surface area contributed by atoms with Crippen molar-refractivity contribution in [1.29, 1.82) is 0 Å². The minimum absolute atomic E-state index is 0. The van der Waals surface area contributed by atoms with Crippen LogP contribution in [-0.2, 0) is 21.6 Å². The zero-order valence-corrected chi connectivity index (χ0v) is 8.17. The third kappa shape index (κ3) is 3.88. The molecule has 1 aromatic rings. The zero-order chi connectivity index (χ0) is 10.8. The van der Waals surface area contributed by atoms with E-state index in [1.54, 1.807) is 0 Å². The van der Waals surface area contributed by atoms with Crippen LogP contribution in [0.25, 0.3) is 0 Å². The van der Waals surface area contributed by atoms with Gasteiger partial charge in [-0.3, -0.25) is 9.59 Å². The van der Waals surface area contributed by atoms with Gasteiger partial charge in [0.2, 0.25) is 11.6 Å². The third-order valence-electron chi connectivity index (χ3n) is 1.43. The van der Waals surface area contributed by atoms with Gasteiger partial charge in [-0.05, 0) is 12.1 Å². The summed E-state index contributed by atoms with van der Waals surface area (Å²) in [6.45, 7) is 0. The SMILES string of the molecule is O=C(CC(=O)C(F)(F)F)c1ccco1.[Co]. The molecule has 85 valence electrons. The summed E-state index contributed by atoms with van der Waals surface area (Å²) in [5.41, 5.74) is 0. The molecule has 7 heteroatoms. The molecule has 0 aliphatic rings. The van der Waals surface area contributed by atoms with Gasteiger partial charge < -0.3 is 4.42 Å². The molecule has 0 saturated heterocycles. The Hall–Kier alpha value is -1.08. The average Bonchev–Trinajstić information content (AvgIpc) is 2.53. The first-order chi connectivity index (χ1) is 6.41.